The van der Waals surface area contributed by atoms with Crippen LogP contribution in [0.3, 0.4) is 0 Å². The van der Waals surface area contributed by atoms with Crippen LogP contribution >= 0.6 is 0 Å². The second kappa shape index (κ2) is 10.1. The summed E-state index contributed by atoms with van der Waals surface area (Å²) in [6.07, 6.45) is 2.58. The molecule has 0 unspecified atom stereocenters. The maximum Gasteiger partial charge on any atom is 0.270 e. The van der Waals surface area contributed by atoms with Crippen molar-refractivity contribution in [3.8, 4) is 5.75 Å². The van der Waals surface area contributed by atoms with Crippen molar-refractivity contribution < 1.29 is 29.0 Å². The number of nitro benzene ring substituents is 1. The van der Waals surface area contributed by atoms with Crippen LogP contribution in [0, 0.1) is 10.1 Å². The number of fused-ring (bicyclic) bond motifs is 1. The quantitative estimate of drug-likeness (QED) is 0.200. The van der Waals surface area contributed by atoms with Crippen LogP contribution in [-0.4, -0.2) is 47.5 Å². The van der Waals surface area contributed by atoms with E-state index < -0.39 is 22.7 Å². The lowest BCUT2D eigenvalue weighted by Gasteiger charge is -2.42. The Morgan fingerprint density at radius 3 is 2.90 bits per heavy atom. The summed E-state index contributed by atoms with van der Waals surface area (Å²) in [6.45, 7) is 6.10. The molecule has 158 valence electrons. The smallest absolute Gasteiger partial charge is 0.270 e. The number of hydrogen-bond acceptors (Lipinski definition) is 8. The molecule has 2 N–H and O–H groups in total. The lowest BCUT2D eigenvalue weighted by Crippen LogP contribution is -2.51. The number of benzene rings is 1. The summed E-state index contributed by atoms with van der Waals surface area (Å²) >= 11 is 0. The Bertz CT molecular complexity index is 800. The van der Waals surface area contributed by atoms with Gasteiger partial charge in [-0.15, -0.1) is 0 Å². The molecule has 0 fully saturated rings. The van der Waals surface area contributed by atoms with Crippen LogP contribution in [0.4, 0.5) is 5.69 Å². The van der Waals surface area contributed by atoms with Crippen molar-refractivity contribution in [1.29, 1.82) is 0 Å². The predicted molar refractivity (Wildman–Crippen MR) is 105 cm³/mol. The third-order valence-electron chi connectivity index (χ3n) is 4.38. The number of rotatable bonds is 10. The van der Waals surface area contributed by atoms with E-state index in [1.807, 2.05) is 6.92 Å². The number of ether oxygens (including phenoxy) is 3. The van der Waals surface area contributed by atoms with E-state index in [-0.39, 0.29) is 18.9 Å². The Morgan fingerprint density at radius 2 is 2.24 bits per heavy atom. The summed E-state index contributed by atoms with van der Waals surface area (Å²) in [5, 5.41) is 25.1. The van der Waals surface area contributed by atoms with Gasteiger partial charge in [-0.3, -0.25) is 10.1 Å². The molecular formula is C20H26N2O7. The van der Waals surface area contributed by atoms with E-state index in [0.717, 1.165) is 6.42 Å². The predicted octanol–water partition coefficient (Wildman–Crippen LogP) is 2.43. The molecule has 0 saturated carbocycles. The zero-order chi connectivity index (χ0) is 21.4. The van der Waals surface area contributed by atoms with Gasteiger partial charge in [0.25, 0.3) is 5.69 Å². The number of nitro groups is 1. The molecule has 0 amide bonds. The minimum atomic E-state index is -0.986. The molecule has 0 spiro atoms. The van der Waals surface area contributed by atoms with Crippen LogP contribution in [0.1, 0.15) is 38.8 Å². The van der Waals surface area contributed by atoms with Crippen molar-refractivity contribution >= 4 is 11.6 Å². The number of non-ortho nitro benzene ring substituents is 1. The highest BCUT2D eigenvalue weighted by molar-refractivity contribution is 5.48. The molecule has 1 aromatic carbocycles. The van der Waals surface area contributed by atoms with Crippen LogP contribution in [0.5, 0.6) is 5.75 Å². The Morgan fingerprint density at radius 1 is 1.48 bits per heavy atom. The molecule has 0 aromatic heterocycles. The molecule has 0 radical (unpaired) electrons. The van der Waals surface area contributed by atoms with E-state index in [9.17, 15) is 20.0 Å². The van der Waals surface area contributed by atoms with Crippen molar-refractivity contribution in [2.75, 3.05) is 19.8 Å². The van der Waals surface area contributed by atoms with Gasteiger partial charge in [0.05, 0.1) is 24.2 Å². The first kappa shape index (κ1) is 22.4. The fourth-order valence-electron chi connectivity index (χ4n) is 2.87. The van der Waals surface area contributed by atoms with Gasteiger partial charge in [-0.1, -0.05) is 6.92 Å². The highest BCUT2D eigenvalue weighted by atomic mass is 16.6. The monoisotopic (exact) mass is 406 g/mol. The lowest BCUT2D eigenvalue weighted by molar-refractivity contribution is -0.385. The summed E-state index contributed by atoms with van der Waals surface area (Å²) in [6, 6.07) is 3.62. The highest BCUT2D eigenvalue weighted by Crippen LogP contribution is 2.41. The number of carbonyl (C=O) groups excluding carboxylic acids is 1. The minimum Gasteiger partial charge on any atom is -0.494 e. The van der Waals surface area contributed by atoms with Crippen LogP contribution in [0.2, 0.25) is 0 Å². The van der Waals surface area contributed by atoms with Crippen LogP contribution in [-0.2, 0) is 14.3 Å². The summed E-state index contributed by atoms with van der Waals surface area (Å²) in [7, 11) is 0. The first-order valence-corrected chi connectivity index (χ1v) is 9.30. The average molecular weight is 406 g/mol. The van der Waals surface area contributed by atoms with Crippen molar-refractivity contribution in [3.63, 3.8) is 0 Å². The topological polar surface area (TPSA) is 120 Å². The third kappa shape index (κ3) is 5.80. The average Bonchev–Trinajstić information content (AvgIpc) is 2.68. The SMILES string of the molecule is CCCO/C(=C/N[C@H]1c2cc([N+](=O)[O-])ccc2OC(C)(C)[C@@H]1O)COCC=C=O. The first-order chi connectivity index (χ1) is 13.8. The zero-order valence-corrected chi connectivity index (χ0v) is 16.7. The van der Waals surface area contributed by atoms with Crippen molar-refractivity contribution in [3.05, 3.63) is 51.9 Å². The fourth-order valence-corrected chi connectivity index (χ4v) is 2.87. The summed E-state index contributed by atoms with van der Waals surface area (Å²) < 4.78 is 16.8. The van der Waals surface area contributed by atoms with E-state index in [0.29, 0.717) is 23.7 Å². The maximum absolute atomic E-state index is 11.2. The van der Waals surface area contributed by atoms with Crippen molar-refractivity contribution in [2.24, 2.45) is 0 Å². The molecule has 0 bridgehead atoms. The Kier molecular flexibility index (Phi) is 7.78. The second-order valence-electron chi connectivity index (χ2n) is 7.07. The van der Waals surface area contributed by atoms with E-state index in [2.05, 4.69) is 5.32 Å². The van der Waals surface area contributed by atoms with Gasteiger partial charge in [-0.05, 0) is 26.3 Å². The highest BCUT2D eigenvalue weighted by Gasteiger charge is 2.43. The third-order valence-corrected chi connectivity index (χ3v) is 4.38. The van der Waals surface area contributed by atoms with Gasteiger partial charge in [0.2, 0.25) is 0 Å². The summed E-state index contributed by atoms with van der Waals surface area (Å²) in [5.41, 5.74) is -0.534. The molecule has 1 aromatic rings. The standard InChI is InChI=1S/C20H26N2O7/c1-4-9-28-15(13-27-10-5-8-23)12-21-18-16-11-14(22(25)26)6-7-17(16)29-20(2,3)19(18)24/h5-7,11-12,18-19,21,24H,4,9-10,13H2,1-3H3/b15-12+/t18-,19+/m0/s1. The number of nitrogens with one attached hydrogen (secondary N) is 1. The van der Waals surface area contributed by atoms with Gasteiger partial charge >= 0.3 is 0 Å². The van der Waals surface area contributed by atoms with Crippen LogP contribution in [0.25, 0.3) is 0 Å². The Hall–Kier alpha value is -2.87. The van der Waals surface area contributed by atoms with E-state index in [1.165, 1.54) is 24.3 Å². The molecular weight excluding hydrogens is 380 g/mol. The first-order valence-electron chi connectivity index (χ1n) is 9.30. The second-order valence-corrected chi connectivity index (χ2v) is 7.07. The molecule has 9 heteroatoms. The number of hydrogen-bond donors (Lipinski definition) is 2. The van der Waals surface area contributed by atoms with Gasteiger partial charge in [-0.2, -0.15) is 0 Å². The largest absolute Gasteiger partial charge is 0.494 e. The lowest BCUT2D eigenvalue weighted by atomic mass is 9.86. The molecule has 29 heavy (non-hydrogen) atoms. The molecule has 2 rings (SSSR count). The fraction of sp³-hybridized carbons (Fsp3) is 0.500. The van der Waals surface area contributed by atoms with Gasteiger partial charge in [0.1, 0.15) is 35.8 Å². The minimum absolute atomic E-state index is 0.0955. The van der Waals surface area contributed by atoms with E-state index in [4.69, 9.17) is 14.2 Å². The Balaban J connectivity index is 2.29. The van der Waals surface area contributed by atoms with Gasteiger partial charge in [-0.25, -0.2) is 4.79 Å². The number of aliphatic hydroxyl groups is 1. The molecule has 1 aliphatic rings. The van der Waals surface area contributed by atoms with Gasteiger partial charge in [0, 0.05) is 30.0 Å². The molecule has 0 aliphatic carbocycles. The zero-order valence-electron chi connectivity index (χ0n) is 16.7. The summed E-state index contributed by atoms with van der Waals surface area (Å²) in [4.78, 5) is 20.9. The molecule has 9 nitrogen and oxygen atoms in total. The molecule has 1 aliphatic heterocycles. The van der Waals surface area contributed by atoms with E-state index >= 15 is 0 Å². The van der Waals surface area contributed by atoms with Gasteiger partial charge < -0.3 is 24.6 Å². The molecule has 2 atom stereocenters. The number of nitrogens with zero attached hydrogens (tertiary/aromatic N) is 1. The normalized spacial score (nSPS) is 20.1. The van der Waals surface area contributed by atoms with Crippen LogP contribution < -0.4 is 10.1 Å². The maximum atomic E-state index is 11.2. The van der Waals surface area contributed by atoms with Crippen molar-refractivity contribution in [2.45, 2.75) is 44.9 Å². The number of aliphatic hydroxyl groups excluding tert-OH is 1. The van der Waals surface area contributed by atoms with E-state index in [1.54, 1.807) is 26.0 Å². The van der Waals surface area contributed by atoms with Crippen LogP contribution in [0.15, 0.2) is 36.2 Å². The summed E-state index contributed by atoms with van der Waals surface area (Å²) in [5.74, 6) is 2.56. The van der Waals surface area contributed by atoms with Crippen molar-refractivity contribution in [1.82, 2.24) is 5.32 Å². The molecule has 1 heterocycles. The molecule has 0 saturated heterocycles. The van der Waals surface area contributed by atoms with Gasteiger partial charge in [0.15, 0.2) is 0 Å². The Labute approximate surface area is 169 Å².